The quantitative estimate of drug-likeness (QED) is 0.302. The molecule has 1 atom stereocenters. The van der Waals surface area contributed by atoms with Crippen molar-refractivity contribution in [1.29, 1.82) is 0 Å². The highest BCUT2D eigenvalue weighted by molar-refractivity contribution is 5.66. The molecule has 0 bridgehead atoms. The highest BCUT2D eigenvalue weighted by atomic mass is 14.3. The molecule has 0 heterocycles. The number of benzene rings is 1. The zero-order chi connectivity index (χ0) is 21.0. The fraction of sp³-hybridized carbons (Fsp3) is 0.733. The van der Waals surface area contributed by atoms with E-state index in [1.807, 2.05) is 0 Å². The van der Waals surface area contributed by atoms with E-state index in [0.29, 0.717) is 0 Å². The van der Waals surface area contributed by atoms with Gasteiger partial charge in [-0.05, 0) is 79.4 Å². The number of unbranched alkanes of at least 4 members (excludes halogenated alkanes) is 7. The lowest BCUT2D eigenvalue weighted by molar-refractivity contribution is 0.301. The van der Waals surface area contributed by atoms with Gasteiger partial charge in [-0.2, -0.15) is 0 Å². The molecular formula is C30H48. The van der Waals surface area contributed by atoms with Gasteiger partial charge >= 0.3 is 0 Å². The zero-order valence-electron chi connectivity index (χ0n) is 20.1. The molecule has 1 aromatic rings. The van der Waals surface area contributed by atoms with Gasteiger partial charge in [-0.15, -0.1) is 0 Å². The van der Waals surface area contributed by atoms with Gasteiger partial charge < -0.3 is 0 Å². The molecule has 2 aliphatic rings. The summed E-state index contributed by atoms with van der Waals surface area (Å²) in [4.78, 5) is 0. The normalized spacial score (nSPS) is 24.6. The Hall–Kier alpha value is -1.04. The van der Waals surface area contributed by atoms with Crippen LogP contribution in [-0.4, -0.2) is 0 Å². The van der Waals surface area contributed by atoms with Crippen LogP contribution in [0.4, 0.5) is 0 Å². The molecule has 0 amide bonds. The number of hydrogen-bond donors (Lipinski definition) is 0. The summed E-state index contributed by atoms with van der Waals surface area (Å²) in [5, 5.41) is 0. The van der Waals surface area contributed by atoms with Crippen LogP contribution in [0.2, 0.25) is 0 Å². The monoisotopic (exact) mass is 408 g/mol. The molecule has 0 heteroatoms. The Morgan fingerprint density at radius 3 is 1.97 bits per heavy atom. The average molecular weight is 409 g/mol. The molecule has 0 radical (unpaired) electrons. The van der Waals surface area contributed by atoms with Crippen LogP contribution in [0.25, 0.3) is 5.57 Å². The minimum atomic E-state index is 0.818. The molecule has 30 heavy (non-hydrogen) atoms. The Morgan fingerprint density at radius 2 is 1.37 bits per heavy atom. The molecular weight excluding hydrogens is 360 g/mol. The van der Waals surface area contributed by atoms with Crippen molar-refractivity contribution in [2.24, 2.45) is 11.8 Å². The van der Waals surface area contributed by atoms with Gasteiger partial charge in [0.15, 0.2) is 0 Å². The van der Waals surface area contributed by atoms with E-state index in [9.17, 15) is 0 Å². The Labute approximate surface area is 187 Å². The van der Waals surface area contributed by atoms with E-state index in [2.05, 4.69) is 44.2 Å². The molecule has 0 aromatic heterocycles. The topological polar surface area (TPSA) is 0 Å². The summed E-state index contributed by atoms with van der Waals surface area (Å²) in [7, 11) is 0. The molecule has 0 nitrogen and oxygen atoms in total. The maximum absolute atomic E-state index is 2.52. The predicted octanol–water partition coefficient (Wildman–Crippen LogP) is 10.1. The highest BCUT2D eigenvalue weighted by Crippen LogP contribution is 2.39. The van der Waals surface area contributed by atoms with Crippen molar-refractivity contribution in [1.82, 2.24) is 0 Å². The first-order valence-corrected chi connectivity index (χ1v) is 13.6. The van der Waals surface area contributed by atoms with Crippen LogP contribution in [0.5, 0.6) is 0 Å². The third kappa shape index (κ3) is 7.58. The van der Waals surface area contributed by atoms with Crippen molar-refractivity contribution < 1.29 is 0 Å². The largest absolute Gasteiger partial charge is 0.0804 e. The van der Waals surface area contributed by atoms with Gasteiger partial charge in [0.05, 0.1) is 0 Å². The standard InChI is InChI=1S/C30H48/c1-3-5-6-7-8-9-10-11-12-26-15-19-28(20-16-26)30-23-21-29(22-24-30)27-17-13-25(4-2)14-18-27/h17,21-26,28H,3-16,18-20H2,1-2H3. The van der Waals surface area contributed by atoms with E-state index >= 15 is 0 Å². The van der Waals surface area contributed by atoms with Crippen LogP contribution < -0.4 is 0 Å². The summed E-state index contributed by atoms with van der Waals surface area (Å²) >= 11 is 0. The van der Waals surface area contributed by atoms with Crippen LogP contribution in [0, 0.1) is 11.8 Å². The second kappa shape index (κ2) is 13.4. The molecule has 1 fully saturated rings. The van der Waals surface area contributed by atoms with E-state index in [1.54, 1.807) is 11.1 Å². The molecule has 0 aliphatic heterocycles. The van der Waals surface area contributed by atoms with Crippen LogP contribution in [0.3, 0.4) is 0 Å². The number of hydrogen-bond acceptors (Lipinski definition) is 0. The lowest BCUT2D eigenvalue weighted by atomic mass is 9.76. The first-order valence-electron chi connectivity index (χ1n) is 13.6. The molecule has 1 unspecified atom stereocenters. The summed E-state index contributed by atoms with van der Waals surface area (Å²) < 4.78 is 0. The smallest absolute Gasteiger partial charge is 0.0162 e. The van der Waals surface area contributed by atoms with Crippen molar-refractivity contribution in [3.8, 4) is 0 Å². The van der Waals surface area contributed by atoms with Crippen LogP contribution in [0.1, 0.15) is 140 Å². The molecule has 1 saturated carbocycles. The van der Waals surface area contributed by atoms with Crippen LogP contribution in [-0.2, 0) is 0 Å². The van der Waals surface area contributed by atoms with Crippen LogP contribution >= 0.6 is 0 Å². The fourth-order valence-corrected chi connectivity index (χ4v) is 5.84. The average Bonchev–Trinajstić information content (AvgIpc) is 2.81. The Balaban J connectivity index is 1.33. The van der Waals surface area contributed by atoms with Gasteiger partial charge in [0, 0.05) is 0 Å². The van der Waals surface area contributed by atoms with Gasteiger partial charge in [-0.3, -0.25) is 0 Å². The van der Waals surface area contributed by atoms with Crippen molar-refractivity contribution in [2.45, 2.75) is 129 Å². The Kier molecular flexibility index (Phi) is 10.5. The SMILES string of the molecule is CCCCCCCCCCC1CCC(c2ccc(C3=CCC(CC)CC3)cc2)CC1. The molecule has 1 aromatic carbocycles. The van der Waals surface area contributed by atoms with Gasteiger partial charge in [0.25, 0.3) is 0 Å². The van der Waals surface area contributed by atoms with Crippen molar-refractivity contribution >= 4 is 5.57 Å². The van der Waals surface area contributed by atoms with Gasteiger partial charge in [-0.25, -0.2) is 0 Å². The fourth-order valence-electron chi connectivity index (χ4n) is 5.84. The van der Waals surface area contributed by atoms with Gasteiger partial charge in [-0.1, -0.05) is 108 Å². The summed E-state index contributed by atoms with van der Waals surface area (Å²) in [6.07, 6.45) is 26.7. The zero-order valence-corrected chi connectivity index (χ0v) is 20.1. The van der Waals surface area contributed by atoms with Crippen molar-refractivity contribution in [3.05, 3.63) is 41.5 Å². The maximum Gasteiger partial charge on any atom is -0.0162 e. The first kappa shape index (κ1) is 23.6. The lowest BCUT2D eigenvalue weighted by Crippen LogP contribution is -2.13. The second-order valence-electron chi connectivity index (χ2n) is 10.4. The van der Waals surface area contributed by atoms with E-state index in [4.69, 9.17) is 0 Å². The minimum Gasteiger partial charge on any atom is -0.0804 e. The third-order valence-electron chi connectivity index (χ3n) is 8.16. The summed E-state index contributed by atoms with van der Waals surface area (Å²) in [6.45, 7) is 4.64. The number of allylic oxidation sites excluding steroid dienone is 2. The molecule has 168 valence electrons. The second-order valence-corrected chi connectivity index (χ2v) is 10.4. The van der Waals surface area contributed by atoms with Gasteiger partial charge in [0.2, 0.25) is 0 Å². The van der Waals surface area contributed by atoms with E-state index in [1.165, 1.54) is 115 Å². The van der Waals surface area contributed by atoms with E-state index in [0.717, 1.165) is 17.8 Å². The van der Waals surface area contributed by atoms with Gasteiger partial charge in [0.1, 0.15) is 0 Å². The highest BCUT2D eigenvalue weighted by Gasteiger charge is 2.22. The Morgan fingerprint density at radius 1 is 0.700 bits per heavy atom. The van der Waals surface area contributed by atoms with E-state index in [-0.39, 0.29) is 0 Å². The first-order chi connectivity index (χ1) is 14.8. The molecule has 2 aliphatic carbocycles. The summed E-state index contributed by atoms with van der Waals surface area (Å²) in [5.74, 6) is 2.76. The molecule has 0 N–H and O–H groups in total. The molecule has 3 rings (SSSR count). The molecule has 0 saturated heterocycles. The predicted molar refractivity (Wildman–Crippen MR) is 134 cm³/mol. The molecule has 0 spiro atoms. The Bertz CT molecular complexity index is 599. The van der Waals surface area contributed by atoms with Crippen molar-refractivity contribution in [3.63, 3.8) is 0 Å². The summed E-state index contributed by atoms with van der Waals surface area (Å²) in [5.41, 5.74) is 4.68. The van der Waals surface area contributed by atoms with E-state index < -0.39 is 0 Å². The maximum atomic E-state index is 2.52. The van der Waals surface area contributed by atoms with Crippen molar-refractivity contribution in [2.75, 3.05) is 0 Å². The van der Waals surface area contributed by atoms with Crippen LogP contribution in [0.15, 0.2) is 30.3 Å². The minimum absolute atomic E-state index is 0.818. The third-order valence-corrected chi connectivity index (χ3v) is 8.16. The number of rotatable bonds is 12. The lowest BCUT2D eigenvalue weighted by Gasteiger charge is -2.29. The summed E-state index contributed by atoms with van der Waals surface area (Å²) in [6, 6.07) is 9.73.